The van der Waals surface area contributed by atoms with Crippen LogP contribution < -0.4 is 9.75 Å². The maximum atomic E-state index is 2.46. The highest BCUT2D eigenvalue weighted by Crippen LogP contribution is 2.52. The van der Waals surface area contributed by atoms with Crippen molar-refractivity contribution in [3.63, 3.8) is 0 Å². The molecule has 4 aromatic carbocycles. The van der Waals surface area contributed by atoms with Gasteiger partial charge in [-0.25, -0.2) is 4.57 Å². The van der Waals surface area contributed by atoms with Crippen LogP contribution in [0.5, 0.6) is 0 Å². The van der Waals surface area contributed by atoms with Crippen LogP contribution in [0.4, 0.5) is 0 Å². The Morgan fingerprint density at radius 3 is 2.27 bits per heavy atom. The minimum Gasteiger partial charge on any atom is -0.200 e. The fraction of sp³-hybridized carbons (Fsp3) is 0.233. The molecule has 5 aromatic rings. The van der Waals surface area contributed by atoms with Crippen molar-refractivity contribution in [2.45, 2.75) is 50.2 Å². The van der Waals surface area contributed by atoms with E-state index in [9.17, 15) is 0 Å². The highest BCUT2D eigenvalue weighted by atomic mass is 32.2. The van der Waals surface area contributed by atoms with Gasteiger partial charge in [-0.2, -0.15) is 0 Å². The van der Waals surface area contributed by atoms with E-state index < -0.39 is 8.07 Å². The van der Waals surface area contributed by atoms with Gasteiger partial charge in [0.05, 0.1) is 19.0 Å². The molecule has 0 unspecified atom stereocenters. The van der Waals surface area contributed by atoms with Crippen molar-refractivity contribution >= 4 is 57.3 Å². The molecule has 1 aromatic heterocycles. The molecule has 0 saturated carbocycles. The lowest BCUT2D eigenvalue weighted by Gasteiger charge is -2.24. The van der Waals surface area contributed by atoms with Gasteiger partial charge in [0.2, 0.25) is 5.69 Å². The lowest BCUT2D eigenvalue weighted by Crippen LogP contribution is -2.37. The van der Waals surface area contributed by atoms with E-state index in [1.807, 2.05) is 11.8 Å². The van der Waals surface area contributed by atoms with Gasteiger partial charge >= 0.3 is 0 Å². The van der Waals surface area contributed by atoms with Crippen LogP contribution in [0, 0.1) is 20.8 Å². The van der Waals surface area contributed by atoms with E-state index in [4.69, 9.17) is 0 Å². The van der Waals surface area contributed by atoms with Gasteiger partial charge in [0.15, 0.2) is 6.20 Å². The number of aryl methyl sites for hydroxylation is 4. The first-order chi connectivity index (χ1) is 15.6. The molecule has 0 atom stereocenters. The number of hydrogen-bond acceptors (Lipinski definition) is 1. The second-order valence-electron chi connectivity index (χ2n) is 10.7. The molecule has 0 bridgehead atoms. The van der Waals surface area contributed by atoms with Crippen molar-refractivity contribution in [2.75, 3.05) is 0 Å². The molecule has 6 rings (SSSR count). The van der Waals surface area contributed by atoms with Gasteiger partial charge in [0.1, 0.15) is 7.05 Å². The first kappa shape index (κ1) is 20.9. The van der Waals surface area contributed by atoms with Crippen LogP contribution in [-0.2, 0) is 7.05 Å². The largest absolute Gasteiger partial charge is 0.222 e. The number of nitrogens with zero attached hydrogens (tertiary/aromatic N) is 1. The lowest BCUT2D eigenvalue weighted by atomic mass is 9.90. The summed E-state index contributed by atoms with van der Waals surface area (Å²) in [5.74, 6) is 0. The Hall–Kier alpha value is -2.62. The maximum Gasteiger partial charge on any atom is 0.222 e. The Kier molecular flexibility index (Phi) is 4.41. The van der Waals surface area contributed by atoms with E-state index in [0.717, 1.165) is 0 Å². The molecule has 3 heteroatoms. The number of benzene rings is 4. The number of fused-ring (bicyclic) bond motifs is 5. The van der Waals surface area contributed by atoms with Crippen molar-refractivity contribution in [3.05, 3.63) is 71.4 Å². The van der Waals surface area contributed by atoms with Gasteiger partial charge < -0.3 is 0 Å². The third-order valence-corrected chi connectivity index (χ3v) is 10.7. The van der Waals surface area contributed by atoms with Gasteiger partial charge in [-0.15, -0.1) is 0 Å². The van der Waals surface area contributed by atoms with Crippen LogP contribution in [0.25, 0.3) is 43.6 Å². The quantitative estimate of drug-likeness (QED) is 0.138. The molecule has 164 valence electrons. The highest BCUT2D eigenvalue weighted by Gasteiger charge is 2.31. The summed E-state index contributed by atoms with van der Waals surface area (Å²) in [7, 11) is 0.829. The molecular weight excluding hydrogens is 434 g/mol. The summed E-state index contributed by atoms with van der Waals surface area (Å²) in [6, 6.07) is 18.9. The molecule has 0 radical (unpaired) electrons. The van der Waals surface area contributed by atoms with Crippen molar-refractivity contribution < 1.29 is 4.57 Å². The fourth-order valence-corrected chi connectivity index (χ4v) is 8.05. The first-order valence-corrected chi connectivity index (χ1v) is 16.1. The van der Waals surface area contributed by atoms with Gasteiger partial charge in [0, 0.05) is 21.2 Å². The zero-order chi connectivity index (χ0) is 23.2. The zero-order valence-electron chi connectivity index (χ0n) is 20.6. The molecule has 0 amide bonds. The second-order valence-corrected chi connectivity index (χ2v) is 16.9. The highest BCUT2D eigenvalue weighted by molar-refractivity contribution is 8.00. The minimum atomic E-state index is -1.37. The molecule has 33 heavy (non-hydrogen) atoms. The molecule has 0 fully saturated rings. The van der Waals surface area contributed by atoms with E-state index in [-0.39, 0.29) is 0 Å². The fourth-order valence-electron chi connectivity index (χ4n) is 5.54. The molecule has 0 saturated heterocycles. The second kappa shape index (κ2) is 6.94. The summed E-state index contributed by atoms with van der Waals surface area (Å²) in [5.41, 5.74) is 6.88. The predicted molar refractivity (Wildman–Crippen MR) is 147 cm³/mol. The van der Waals surface area contributed by atoms with Crippen LogP contribution in [0.15, 0.2) is 64.5 Å². The Morgan fingerprint density at radius 2 is 1.52 bits per heavy atom. The number of hydrogen-bond donors (Lipinski definition) is 0. The Bertz CT molecular complexity index is 1660. The number of pyridine rings is 1. The van der Waals surface area contributed by atoms with Gasteiger partial charge in [0.25, 0.3) is 0 Å². The maximum absolute atomic E-state index is 2.46. The summed E-state index contributed by atoms with van der Waals surface area (Å²) in [6.07, 6.45) is 2.25. The number of rotatable bonds is 1. The average Bonchev–Trinajstić information content (AvgIpc) is 2.77. The first-order valence-electron chi connectivity index (χ1n) is 11.8. The standard InChI is InChI=1S/C30H30NSSi/c1-17-8-10-22-19(3)30-27(18(2)25(22)14-17)29-28-24(12-13-31(29)4)23-11-9-21(33(5,6)7)15-20(23)16-26(28)32-30/h8-16H,1-7H3/q+1. The van der Waals surface area contributed by atoms with Crippen LogP contribution in [-0.4, -0.2) is 8.07 Å². The van der Waals surface area contributed by atoms with Gasteiger partial charge in [-0.3, -0.25) is 0 Å². The monoisotopic (exact) mass is 464 g/mol. The third-order valence-electron chi connectivity index (χ3n) is 7.44. The molecule has 1 aliphatic rings. The normalized spacial score (nSPS) is 13.2. The molecule has 0 N–H and O–H groups in total. The summed E-state index contributed by atoms with van der Waals surface area (Å²) >= 11 is 1.97. The van der Waals surface area contributed by atoms with E-state index in [2.05, 4.69) is 107 Å². The van der Waals surface area contributed by atoms with E-state index in [0.29, 0.717) is 0 Å². The molecule has 0 spiro atoms. The predicted octanol–water partition coefficient (Wildman–Crippen LogP) is 7.57. The summed E-state index contributed by atoms with van der Waals surface area (Å²) in [6.45, 7) is 14.1. The van der Waals surface area contributed by atoms with Gasteiger partial charge in [-0.1, -0.05) is 78.6 Å². The molecule has 0 aliphatic carbocycles. The van der Waals surface area contributed by atoms with E-state index >= 15 is 0 Å². The van der Waals surface area contributed by atoms with Crippen LogP contribution >= 0.6 is 11.8 Å². The zero-order valence-corrected chi connectivity index (χ0v) is 22.4. The van der Waals surface area contributed by atoms with Crippen molar-refractivity contribution in [2.24, 2.45) is 7.05 Å². The van der Waals surface area contributed by atoms with Crippen molar-refractivity contribution in [1.29, 1.82) is 0 Å². The lowest BCUT2D eigenvalue weighted by molar-refractivity contribution is -0.659. The van der Waals surface area contributed by atoms with Crippen molar-refractivity contribution in [3.8, 4) is 11.3 Å². The summed E-state index contributed by atoms with van der Waals surface area (Å²) in [5, 5.41) is 9.80. The minimum absolute atomic E-state index is 1.32. The van der Waals surface area contributed by atoms with Crippen LogP contribution in [0.3, 0.4) is 0 Å². The van der Waals surface area contributed by atoms with Crippen LogP contribution in [0.2, 0.25) is 19.6 Å². The average molecular weight is 465 g/mol. The Morgan fingerprint density at radius 1 is 0.758 bits per heavy atom. The molecule has 2 heterocycles. The third kappa shape index (κ3) is 2.95. The Labute approximate surface area is 201 Å². The smallest absolute Gasteiger partial charge is 0.200 e. The van der Waals surface area contributed by atoms with Crippen molar-refractivity contribution in [1.82, 2.24) is 0 Å². The van der Waals surface area contributed by atoms with Gasteiger partial charge in [-0.05, 0) is 59.5 Å². The topological polar surface area (TPSA) is 3.88 Å². The van der Waals surface area contributed by atoms with Crippen LogP contribution in [0.1, 0.15) is 16.7 Å². The SMILES string of the molecule is Cc1ccc2c(C)c3c(c(C)c2c1)-c1c2c(cc4cc([Si](C)(C)C)ccc4c2cc[n+]1C)S3. The Balaban J connectivity index is 1.78. The number of aromatic nitrogens is 1. The summed E-state index contributed by atoms with van der Waals surface area (Å²) < 4.78 is 2.33. The molecule has 1 nitrogen and oxygen atoms in total. The summed E-state index contributed by atoms with van der Waals surface area (Å²) in [4.78, 5) is 2.80. The molecular formula is C30H30NSSi+. The van der Waals surface area contributed by atoms with E-state index in [1.54, 1.807) is 0 Å². The molecule has 1 aliphatic heterocycles. The van der Waals surface area contributed by atoms with E-state index in [1.165, 1.54) is 75.2 Å².